The predicted molar refractivity (Wildman–Crippen MR) is 105 cm³/mol. The first-order valence-electron chi connectivity index (χ1n) is 8.99. The number of amides is 2. The Bertz CT molecular complexity index is 1000. The molecule has 1 atom stereocenters. The van der Waals surface area contributed by atoms with E-state index in [1.54, 1.807) is 19.1 Å². The third-order valence-corrected chi connectivity index (χ3v) is 7.09. The number of piperidine rings is 1. The molecule has 0 bridgehead atoms. The van der Waals surface area contributed by atoms with Gasteiger partial charge in [0.2, 0.25) is 15.9 Å². The minimum atomic E-state index is -3.83. The number of carbonyl (C=O) groups is 2. The van der Waals surface area contributed by atoms with Crippen LogP contribution in [-0.2, 0) is 14.8 Å². The van der Waals surface area contributed by atoms with Gasteiger partial charge in [0.15, 0.2) is 5.76 Å². The fraction of sp³-hybridized carbons (Fsp3) is 0.389. The fourth-order valence-corrected chi connectivity index (χ4v) is 5.18. The third kappa shape index (κ3) is 4.60. The van der Waals surface area contributed by atoms with Crippen LogP contribution in [0, 0.1) is 19.8 Å². The zero-order valence-electron chi connectivity index (χ0n) is 15.9. The van der Waals surface area contributed by atoms with Gasteiger partial charge in [-0.25, -0.2) is 8.42 Å². The number of rotatable bonds is 4. The van der Waals surface area contributed by atoms with Crippen LogP contribution in [0.3, 0.4) is 0 Å². The van der Waals surface area contributed by atoms with E-state index in [0.717, 1.165) is 0 Å². The number of hydrogen-bond donors (Lipinski definition) is 2. The zero-order valence-corrected chi connectivity index (χ0v) is 17.5. The van der Waals surface area contributed by atoms with Crippen molar-refractivity contribution >= 4 is 33.4 Å². The molecule has 1 aliphatic heterocycles. The van der Waals surface area contributed by atoms with Crippen LogP contribution in [0.2, 0.25) is 5.02 Å². The topological polar surface area (TPSA) is 122 Å². The van der Waals surface area contributed by atoms with Crippen molar-refractivity contribution in [2.45, 2.75) is 31.6 Å². The SMILES string of the molecule is Cc1noc(C)c1S(=O)(=O)N1CCCC(C(=O)NNC(=O)c2ccc(Cl)cc2)C1. The number of nitrogens with zero attached hydrogens (tertiary/aromatic N) is 2. The van der Waals surface area contributed by atoms with Crippen LogP contribution in [0.15, 0.2) is 33.7 Å². The first kappa shape index (κ1) is 21.3. The maximum absolute atomic E-state index is 13.0. The molecule has 0 radical (unpaired) electrons. The highest BCUT2D eigenvalue weighted by Crippen LogP contribution is 2.27. The van der Waals surface area contributed by atoms with Gasteiger partial charge in [0, 0.05) is 23.7 Å². The lowest BCUT2D eigenvalue weighted by Crippen LogP contribution is -2.50. The molecule has 1 unspecified atom stereocenters. The number of carbonyl (C=O) groups excluding carboxylic acids is 2. The molecule has 0 saturated carbocycles. The number of sulfonamides is 1. The van der Waals surface area contributed by atoms with E-state index in [1.165, 1.54) is 23.4 Å². The molecule has 1 aromatic heterocycles. The Morgan fingerprint density at radius 3 is 2.52 bits per heavy atom. The second-order valence-electron chi connectivity index (χ2n) is 6.81. The molecule has 0 spiro atoms. The molecule has 11 heteroatoms. The Labute approximate surface area is 173 Å². The van der Waals surface area contributed by atoms with Crippen molar-refractivity contribution in [1.82, 2.24) is 20.3 Å². The van der Waals surface area contributed by atoms with Gasteiger partial charge in [-0.1, -0.05) is 16.8 Å². The average molecular weight is 441 g/mol. The van der Waals surface area contributed by atoms with Gasteiger partial charge in [0.25, 0.3) is 5.91 Å². The predicted octanol–water partition coefficient (Wildman–Crippen LogP) is 1.81. The highest BCUT2D eigenvalue weighted by molar-refractivity contribution is 7.89. The van der Waals surface area contributed by atoms with Crippen LogP contribution >= 0.6 is 11.6 Å². The van der Waals surface area contributed by atoms with Crippen LogP contribution in [0.4, 0.5) is 0 Å². The summed E-state index contributed by atoms with van der Waals surface area (Å²) in [5.74, 6) is -1.33. The molecule has 0 aliphatic carbocycles. The number of aryl methyl sites for hydroxylation is 2. The zero-order chi connectivity index (χ0) is 21.2. The minimum absolute atomic E-state index is 0.00897. The van der Waals surface area contributed by atoms with Crippen molar-refractivity contribution in [3.8, 4) is 0 Å². The smallest absolute Gasteiger partial charge is 0.269 e. The van der Waals surface area contributed by atoms with E-state index < -0.39 is 27.8 Å². The number of benzene rings is 1. The Morgan fingerprint density at radius 2 is 1.90 bits per heavy atom. The summed E-state index contributed by atoms with van der Waals surface area (Å²) in [4.78, 5) is 24.6. The molecule has 2 heterocycles. The summed E-state index contributed by atoms with van der Waals surface area (Å²) in [7, 11) is -3.83. The van der Waals surface area contributed by atoms with Gasteiger partial charge < -0.3 is 4.52 Å². The van der Waals surface area contributed by atoms with Crippen molar-refractivity contribution in [3.63, 3.8) is 0 Å². The van der Waals surface area contributed by atoms with Crippen LogP contribution in [0.5, 0.6) is 0 Å². The highest BCUT2D eigenvalue weighted by Gasteiger charge is 2.36. The molecule has 29 heavy (non-hydrogen) atoms. The van der Waals surface area contributed by atoms with Crippen LogP contribution in [0.1, 0.15) is 34.7 Å². The number of nitrogens with one attached hydrogen (secondary N) is 2. The first-order chi connectivity index (χ1) is 13.7. The maximum atomic E-state index is 13.0. The molecule has 1 saturated heterocycles. The Balaban J connectivity index is 1.63. The van der Waals surface area contributed by atoms with E-state index in [0.29, 0.717) is 30.0 Å². The summed E-state index contributed by atoms with van der Waals surface area (Å²) >= 11 is 5.79. The summed E-state index contributed by atoms with van der Waals surface area (Å²) < 4.78 is 32.1. The number of halogens is 1. The Morgan fingerprint density at radius 1 is 1.21 bits per heavy atom. The summed E-state index contributed by atoms with van der Waals surface area (Å²) in [5.41, 5.74) is 5.33. The monoisotopic (exact) mass is 440 g/mol. The Kier molecular flexibility index (Phi) is 6.25. The molecular weight excluding hydrogens is 420 g/mol. The van der Waals surface area contributed by atoms with E-state index in [-0.39, 0.29) is 22.9 Å². The molecule has 156 valence electrons. The van der Waals surface area contributed by atoms with E-state index in [1.807, 2.05) is 0 Å². The number of hydrazine groups is 1. The average Bonchev–Trinajstić information content (AvgIpc) is 3.05. The van der Waals surface area contributed by atoms with E-state index >= 15 is 0 Å². The van der Waals surface area contributed by atoms with E-state index in [2.05, 4.69) is 16.0 Å². The van der Waals surface area contributed by atoms with Crippen molar-refractivity contribution in [3.05, 3.63) is 46.3 Å². The molecule has 2 amide bonds. The normalized spacial score (nSPS) is 17.7. The molecule has 9 nitrogen and oxygen atoms in total. The van der Waals surface area contributed by atoms with Crippen LogP contribution < -0.4 is 10.9 Å². The number of hydrogen-bond acceptors (Lipinski definition) is 6. The molecule has 1 aliphatic rings. The lowest BCUT2D eigenvalue weighted by Gasteiger charge is -2.31. The van der Waals surface area contributed by atoms with Gasteiger partial charge >= 0.3 is 0 Å². The maximum Gasteiger partial charge on any atom is 0.269 e. The quantitative estimate of drug-likeness (QED) is 0.699. The molecule has 1 fully saturated rings. The van der Waals surface area contributed by atoms with Gasteiger partial charge in [0.05, 0.1) is 5.92 Å². The summed E-state index contributed by atoms with van der Waals surface area (Å²) in [5, 5.41) is 4.19. The minimum Gasteiger partial charge on any atom is -0.360 e. The molecule has 2 N–H and O–H groups in total. The van der Waals surface area contributed by atoms with Crippen LogP contribution in [-0.4, -0.2) is 42.8 Å². The summed E-state index contributed by atoms with van der Waals surface area (Å²) in [6.07, 6.45) is 1.03. The van der Waals surface area contributed by atoms with Gasteiger partial charge in [-0.15, -0.1) is 0 Å². The fourth-order valence-electron chi connectivity index (χ4n) is 3.24. The first-order valence-corrected chi connectivity index (χ1v) is 10.8. The second-order valence-corrected chi connectivity index (χ2v) is 9.12. The summed E-state index contributed by atoms with van der Waals surface area (Å²) in [6.45, 7) is 3.40. The second kappa shape index (κ2) is 8.52. The molecular formula is C18H21ClN4O5S. The largest absolute Gasteiger partial charge is 0.360 e. The van der Waals surface area contributed by atoms with Crippen LogP contribution in [0.25, 0.3) is 0 Å². The van der Waals surface area contributed by atoms with Gasteiger partial charge in [0.1, 0.15) is 10.6 Å². The van der Waals surface area contributed by atoms with Crippen molar-refractivity contribution in [2.75, 3.05) is 13.1 Å². The molecule has 2 aromatic rings. The lowest BCUT2D eigenvalue weighted by molar-refractivity contribution is -0.126. The lowest BCUT2D eigenvalue weighted by atomic mass is 9.99. The van der Waals surface area contributed by atoms with Crippen molar-refractivity contribution < 1.29 is 22.5 Å². The van der Waals surface area contributed by atoms with E-state index in [9.17, 15) is 18.0 Å². The summed E-state index contributed by atoms with van der Waals surface area (Å²) in [6, 6.07) is 6.19. The van der Waals surface area contributed by atoms with Crippen molar-refractivity contribution in [2.24, 2.45) is 5.92 Å². The van der Waals surface area contributed by atoms with Gasteiger partial charge in [-0.05, 0) is 51.0 Å². The van der Waals surface area contributed by atoms with E-state index in [4.69, 9.17) is 16.1 Å². The highest BCUT2D eigenvalue weighted by atomic mass is 35.5. The Hall–Kier alpha value is -2.43. The standard InChI is InChI=1S/C18H21ClN4O5S/c1-11-16(12(2)28-22-11)29(26,27)23-9-3-4-14(10-23)18(25)21-20-17(24)13-5-7-15(19)8-6-13/h5-8,14H,3-4,9-10H2,1-2H3,(H,20,24)(H,21,25). The molecule has 1 aromatic carbocycles. The molecule has 3 rings (SSSR count). The number of aromatic nitrogens is 1. The van der Waals surface area contributed by atoms with Gasteiger partial charge in [-0.3, -0.25) is 20.4 Å². The third-order valence-electron chi connectivity index (χ3n) is 4.73. The van der Waals surface area contributed by atoms with Crippen molar-refractivity contribution in [1.29, 1.82) is 0 Å². The van der Waals surface area contributed by atoms with Gasteiger partial charge in [-0.2, -0.15) is 4.31 Å².